The predicted molar refractivity (Wildman–Crippen MR) is 204 cm³/mol. The van der Waals surface area contributed by atoms with Gasteiger partial charge in [-0.05, 0) is 38.2 Å². The van der Waals surface area contributed by atoms with E-state index in [0.717, 1.165) is 16.7 Å². The highest BCUT2D eigenvalue weighted by molar-refractivity contribution is 5.66. The van der Waals surface area contributed by atoms with Crippen LogP contribution in [0.2, 0.25) is 0 Å². The third-order valence-corrected chi connectivity index (χ3v) is 7.03. The minimum Gasteiger partial charge on any atom is -0.471 e. The second kappa shape index (κ2) is 23.1. The summed E-state index contributed by atoms with van der Waals surface area (Å²) in [6.45, 7) is 13.0. The monoisotopic (exact) mass is 751 g/mol. The molecule has 0 saturated carbocycles. The molecule has 3 aromatic heterocycles. The Balaban J connectivity index is 0.000000220. The van der Waals surface area contributed by atoms with Crippen LogP contribution in [0, 0.1) is 0 Å². The number of aliphatic hydroxyl groups excluding tert-OH is 2. The number of hydrogen-bond acceptors (Lipinski definition) is 13. The first-order valence-corrected chi connectivity index (χ1v) is 16.6. The Morgan fingerprint density at radius 1 is 0.600 bits per heavy atom. The predicted octanol–water partition coefficient (Wildman–Crippen LogP) is 8.63. The number of rotatable bonds is 16. The molecule has 0 saturated heterocycles. The molecule has 3 atom stereocenters. The maximum absolute atomic E-state index is 10.9. The Bertz CT molecular complexity index is 1900. The van der Waals surface area contributed by atoms with E-state index in [4.69, 9.17) is 32.5 Å². The van der Waals surface area contributed by atoms with Crippen LogP contribution in [-0.2, 0) is 29.4 Å². The van der Waals surface area contributed by atoms with Crippen LogP contribution in [0.5, 0.6) is 17.6 Å². The van der Waals surface area contributed by atoms with Crippen LogP contribution in [0.1, 0.15) is 66.6 Å². The van der Waals surface area contributed by atoms with E-state index >= 15 is 0 Å². The number of esters is 1. The molecule has 288 valence electrons. The van der Waals surface area contributed by atoms with Gasteiger partial charge < -0.3 is 42.7 Å². The zero-order chi connectivity index (χ0) is 38.5. The van der Waals surface area contributed by atoms with Gasteiger partial charge in [-0.25, -0.2) is 0 Å². The van der Waals surface area contributed by atoms with Gasteiger partial charge in [0.05, 0.1) is 0 Å². The SMILES string of the molecule is C.C=CC(O)c1cc(OCc2ccccc2)no1.C=C[C@@H](OC(C)=O)c1cc(OCc2ccccc2)no1.C=C[C@H](O)c1cc(OCc2ccccc2)no1. The van der Waals surface area contributed by atoms with Crippen LogP contribution in [0.15, 0.2) is 161 Å². The van der Waals surface area contributed by atoms with Gasteiger partial charge in [-0.3, -0.25) is 4.79 Å². The molecule has 0 aliphatic carbocycles. The van der Waals surface area contributed by atoms with Crippen LogP contribution in [0.4, 0.5) is 0 Å². The average Bonchev–Trinajstić information content (AvgIpc) is 4.01. The summed E-state index contributed by atoms with van der Waals surface area (Å²) in [4.78, 5) is 10.9. The van der Waals surface area contributed by atoms with E-state index in [-0.39, 0.29) is 7.43 Å². The van der Waals surface area contributed by atoms with Crippen LogP contribution in [0.3, 0.4) is 0 Å². The topological polar surface area (TPSA) is 173 Å². The van der Waals surface area contributed by atoms with E-state index in [0.29, 0.717) is 54.7 Å². The van der Waals surface area contributed by atoms with Crippen molar-refractivity contribution in [1.82, 2.24) is 15.5 Å². The molecule has 2 N–H and O–H groups in total. The Labute approximate surface area is 319 Å². The Morgan fingerprint density at radius 3 is 1.24 bits per heavy atom. The van der Waals surface area contributed by atoms with Gasteiger partial charge in [0, 0.05) is 25.1 Å². The Kier molecular flexibility index (Phi) is 17.9. The molecular formula is C42H45N3O10. The summed E-state index contributed by atoms with van der Waals surface area (Å²) in [5.74, 6) is 1.64. The maximum atomic E-state index is 10.9. The van der Waals surface area contributed by atoms with Crippen molar-refractivity contribution in [2.24, 2.45) is 0 Å². The molecule has 0 aliphatic heterocycles. The number of hydrogen-bond donors (Lipinski definition) is 2. The van der Waals surface area contributed by atoms with Crippen LogP contribution >= 0.6 is 0 Å². The number of carbonyl (C=O) groups excluding carboxylic acids is 1. The molecule has 3 aromatic carbocycles. The summed E-state index contributed by atoms with van der Waals surface area (Å²) in [5, 5.41) is 30.0. The average molecular weight is 752 g/mol. The standard InChI is InChI=1S/C15H15NO4.2C13H13NO3.CH4/c1-3-13(19-11(2)17)14-9-15(16-20-14)18-10-12-7-5-4-6-8-12;2*1-2-11(15)12-8-13(14-17-12)16-9-10-6-4-3-5-7-10;/h3-9,13H,1,10H2,2H3;2*2-8,11,15H,1,9H2;1H4/t13-;11-;;/m10../s1. The highest BCUT2D eigenvalue weighted by Gasteiger charge is 2.17. The molecule has 13 heteroatoms. The number of carbonyl (C=O) groups is 1. The normalized spacial score (nSPS) is 11.7. The molecule has 6 rings (SSSR count). The molecule has 0 amide bonds. The molecule has 0 bridgehead atoms. The third-order valence-electron chi connectivity index (χ3n) is 7.03. The third kappa shape index (κ3) is 14.7. The van der Waals surface area contributed by atoms with Crippen molar-refractivity contribution in [1.29, 1.82) is 0 Å². The van der Waals surface area contributed by atoms with Gasteiger partial charge in [0.1, 0.15) is 32.0 Å². The largest absolute Gasteiger partial charge is 0.471 e. The zero-order valence-electron chi connectivity index (χ0n) is 29.6. The Hall–Kier alpha value is -6.70. The van der Waals surface area contributed by atoms with Gasteiger partial charge in [-0.15, -0.1) is 13.2 Å². The summed E-state index contributed by atoms with van der Waals surface area (Å²) in [5.41, 5.74) is 3.11. The van der Waals surface area contributed by atoms with Gasteiger partial charge >= 0.3 is 5.97 Å². The minimum absolute atomic E-state index is 0. The van der Waals surface area contributed by atoms with E-state index in [9.17, 15) is 15.0 Å². The number of aliphatic hydroxyl groups is 2. The molecule has 13 nitrogen and oxygen atoms in total. The summed E-state index contributed by atoms with van der Waals surface area (Å²) >= 11 is 0. The van der Waals surface area contributed by atoms with Crippen molar-refractivity contribution >= 4 is 5.97 Å². The first-order valence-electron chi connectivity index (χ1n) is 16.6. The van der Waals surface area contributed by atoms with E-state index in [1.807, 2.05) is 91.0 Å². The van der Waals surface area contributed by atoms with Gasteiger partial charge in [0.15, 0.2) is 23.4 Å². The van der Waals surface area contributed by atoms with Crippen molar-refractivity contribution in [3.63, 3.8) is 0 Å². The lowest BCUT2D eigenvalue weighted by atomic mass is 10.2. The first kappa shape index (κ1) is 42.7. The molecule has 0 aliphatic rings. The fraction of sp³-hybridized carbons (Fsp3) is 0.190. The number of benzene rings is 3. The molecule has 1 unspecified atom stereocenters. The van der Waals surface area contributed by atoms with Gasteiger partial charge in [0.2, 0.25) is 0 Å². The molecular weight excluding hydrogens is 706 g/mol. The molecule has 0 radical (unpaired) electrons. The minimum atomic E-state index is -0.850. The highest BCUT2D eigenvalue weighted by atomic mass is 16.6. The number of aromatic nitrogens is 3. The molecule has 55 heavy (non-hydrogen) atoms. The van der Waals surface area contributed by atoms with E-state index < -0.39 is 24.3 Å². The second-order valence-corrected chi connectivity index (χ2v) is 11.2. The van der Waals surface area contributed by atoms with Crippen LogP contribution < -0.4 is 14.2 Å². The zero-order valence-corrected chi connectivity index (χ0v) is 29.6. The van der Waals surface area contributed by atoms with Crippen LogP contribution in [0.25, 0.3) is 0 Å². The summed E-state index contributed by atoms with van der Waals surface area (Å²) in [7, 11) is 0. The van der Waals surface area contributed by atoms with Crippen molar-refractivity contribution < 1.29 is 47.5 Å². The van der Waals surface area contributed by atoms with Gasteiger partial charge in [0.25, 0.3) is 17.6 Å². The van der Waals surface area contributed by atoms with Crippen molar-refractivity contribution in [3.8, 4) is 17.6 Å². The summed E-state index contributed by atoms with van der Waals surface area (Å²) < 4.78 is 36.2. The lowest BCUT2D eigenvalue weighted by molar-refractivity contribution is -0.145. The second-order valence-electron chi connectivity index (χ2n) is 11.2. The molecule has 0 spiro atoms. The van der Waals surface area contributed by atoms with Crippen molar-refractivity contribution in [3.05, 3.63) is 181 Å². The van der Waals surface area contributed by atoms with E-state index in [1.165, 1.54) is 25.2 Å². The van der Waals surface area contributed by atoms with E-state index in [1.54, 1.807) is 18.2 Å². The summed E-state index contributed by atoms with van der Waals surface area (Å²) in [6, 6.07) is 33.9. The molecule has 6 aromatic rings. The highest BCUT2D eigenvalue weighted by Crippen LogP contribution is 2.24. The van der Waals surface area contributed by atoms with Gasteiger partial charge in [-0.2, -0.15) is 0 Å². The van der Waals surface area contributed by atoms with Crippen molar-refractivity contribution in [2.45, 2.75) is 52.5 Å². The lowest BCUT2D eigenvalue weighted by Crippen LogP contribution is -2.04. The smallest absolute Gasteiger partial charge is 0.303 e. The summed E-state index contributed by atoms with van der Waals surface area (Å²) in [6.07, 6.45) is 1.83. The maximum Gasteiger partial charge on any atom is 0.303 e. The molecule has 3 heterocycles. The van der Waals surface area contributed by atoms with Gasteiger partial charge in [-0.1, -0.05) is 117 Å². The fourth-order valence-corrected chi connectivity index (χ4v) is 4.26. The van der Waals surface area contributed by atoms with Crippen molar-refractivity contribution in [2.75, 3.05) is 0 Å². The quantitative estimate of drug-likeness (QED) is 0.0712. The van der Waals surface area contributed by atoms with E-state index in [2.05, 4.69) is 35.2 Å². The first-order chi connectivity index (χ1) is 26.3. The Morgan fingerprint density at radius 2 is 0.927 bits per heavy atom. The molecule has 0 fully saturated rings. The lowest BCUT2D eigenvalue weighted by Gasteiger charge is -2.07. The fourth-order valence-electron chi connectivity index (χ4n) is 4.26. The number of nitrogens with zero attached hydrogens (tertiary/aromatic N) is 3. The number of ether oxygens (including phenoxy) is 4. The van der Waals surface area contributed by atoms with Crippen LogP contribution in [-0.4, -0.2) is 31.7 Å².